The largest absolute Gasteiger partial charge is 0.323 e. The zero-order valence-electron chi connectivity index (χ0n) is 16.4. The van der Waals surface area contributed by atoms with Gasteiger partial charge < -0.3 is 11.2 Å². The summed E-state index contributed by atoms with van der Waals surface area (Å²) in [7, 11) is 0. The van der Waals surface area contributed by atoms with Crippen molar-refractivity contribution in [2.45, 2.75) is 6.04 Å². The lowest BCUT2D eigenvalue weighted by Gasteiger charge is -2.13. The molecule has 3 rings (SSSR count). The van der Waals surface area contributed by atoms with E-state index in [2.05, 4.69) is 20.4 Å². The Kier molecular flexibility index (Phi) is 6.78. The maximum absolute atomic E-state index is 12.8. The molecular weight excluding hydrogens is 499 g/mol. The second-order valence-electron chi connectivity index (χ2n) is 6.42. The van der Waals surface area contributed by atoms with Crippen LogP contribution in [0.4, 0.5) is 17.1 Å². The van der Waals surface area contributed by atoms with Gasteiger partial charge in [0, 0.05) is 29.2 Å². The van der Waals surface area contributed by atoms with Crippen LogP contribution < -0.4 is 11.2 Å². The lowest BCUT2D eigenvalue weighted by molar-refractivity contribution is -0.509. The van der Waals surface area contributed by atoms with Gasteiger partial charge in [0.2, 0.25) is 5.71 Å². The summed E-state index contributed by atoms with van der Waals surface area (Å²) in [4.78, 5) is 52.1. The number of aromatic nitrogens is 2. The number of hydrogen-bond acceptors (Lipinski definition) is 11. The Balaban J connectivity index is 2.01. The number of amides is 1. The van der Waals surface area contributed by atoms with Crippen molar-refractivity contribution in [3.8, 4) is 0 Å². The molecule has 3 aromatic rings. The van der Waals surface area contributed by atoms with Crippen molar-refractivity contribution in [1.82, 2.24) is 9.97 Å². The summed E-state index contributed by atoms with van der Waals surface area (Å²) < 4.78 is 0. The number of hydrazone groups is 1. The molecule has 174 valence electrons. The van der Waals surface area contributed by atoms with Crippen LogP contribution in [0.3, 0.4) is 0 Å². The molecule has 0 aliphatic heterocycles. The Labute approximate surface area is 197 Å². The van der Waals surface area contributed by atoms with Crippen LogP contribution in [0.1, 0.15) is 11.7 Å². The fourth-order valence-corrected chi connectivity index (χ4v) is 3.39. The van der Waals surface area contributed by atoms with Crippen LogP contribution in [0.5, 0.6) is 0 Å². The minimum atomic E-state index is -2.03. The molecule has 17 heteroatoms. The Morgan fingerprint density at radius 2 is 1.62 bits per heavy atom. The molecule has 1 amide bonds. The van der Waals surface area contributed by atoms with E-state index in [9.17, 15) is 35.1 Å². The highest BCUT2D eigenvalue weighted by atomic mass is 35.5. The number of hydrogen-bond donors (Lipinski definition) is 2. The van der Waals surface area contributed by atoms with Gasteiger partial charge in [-0.05, 0) is 6.07 Å². The molecular formula is C17H10Cl2N8O7. The van der Waals surface area contributed by atoms with Gasteiger partial charge in [-0.1, -0.05) is 23.2 Å². The average Bonchev–Trinajstić information content (AvgIpc) is 2.78. The topological polar surface area (TPSA) is 223 Å². The van der Waals surface area contributed by atoms with Gasteiger partial charge in [-0.3, -0.25) is 40.1 Å². The third-order valence-electron chi connectivity index (χ3n) is 4.35. The third kappa shape index (κ3) is 4.79. The molecule has 1 heterocycles. The number of rotatable bonds is 7. The molecule has 0 saturated heterocycles. The summed E-state index contributed by atoms with van der Waals surface area (Å²) in [6.07, 6.45) is 0.992. The van der Waals surface area contributed by atoms with Crippen LogP contribution in [0.15, 0.2) is 41.6 Å². The van der Waals surface area contributed by atoms with Crippen LogP contribution in [0.25, 0.3) is 11.0 Å². The number of halogens is 2. The van der Waals surface area contributed by atoms with Crippen molar-refractivity contribution in [3.05, 3.63) is 82.6 Å². The number of nitro groups is 3. The van der Waals surface area contributed by atoms with E-state index in [-0.39, 0.29) is 32.5 Å². The molecule has 0 unspecified atom stereocenters. The second-order valence-corrected chi connectivity index (χ2v) is 7.24. The molecule has 1 atom stereocenters. The van der Waals surface area contributed by atoms with Gasteiger partial charge in [-0.2, -0.15) is 5.10 Å². The lowest BCUT2D eigenvalue weighted by Crippen LogP contribution is -2.34. The van der Waals surface area contributed by atoms with E-state index in [1.807, 2.05) is 0 Å². The minimum Gasteiger partial charge on any atom is -0.323 e. The van der Waals surface area contributed by atoms with Gasteiger partial charge in [0.15, 0.2) is 0 Å². The quantitative estimate of drug-likeness (QED) is 0.205. The van der Waals surface area contributed by atoms with Gasteiger partial charge in [0.05, 0.1) is 42.8 Å². The molecule has 34 heavy (non-hydrogen) atoms. The van der Waals surface area contributed by atoms with Gasteiger partial charge >= 0.3 is 6.04 Å². The van der Waals surface area contributed by atoms with Gasteiger partial charge in [0.25, 0.3) is 17.3 Å². The summed E-state index contributed by atoms with van der Waals surface area (Å²) >= 11 is 11.9. The minimum absolute atomic E-state index is 0.0446. The van der Waals surface area contributed by atoms with Crippen LogP contribution >= 0.6 is 23.2 Å². The zero-order valence-corrected chi connectivity index (χ0v) is 17.9. The SMILES string of the molecule is N/N=C(\C(=O)Nc1c(Cl)cc([N+](=O)[O-])cc1Cl)[C@@H](c1cnc2ccc([N+](=O)[O-])cc2n1)[N+](=O)[O-]. The molecule has 1 aromatic heterocycles. The van der Waals surface area contributed by atoms with E-state index in [1.54, 1.807) is 0 Å². The van der Waals surface area contributed by atoms with Crippen molar-refractivity contribution in [2.24, 2.45) is 10.9 Å². The van der Waals surface area contributed by atoms with Gasteiger partial charge in [-0.25, -0.2) is 4.98 Å². The van der Waals surface area contributed by atoms with Crippen molar-refractivity contribution in [1.29, 1.82) is 0 Å². The first kappa shape index (κ1) is 24.1. The molecule has 0 aliphatic rings. The maximum atomic E-state index is 12.8. The number of carbonyl (C=O) groups excluding carboxylic acids is 1. The summed E-state index contributed by atoms with van der Waals surface area (Å²) in [5.41, 5.74) is -2.13. The number of nitro benzene ring substituents is 2. The normalized spacial score (nSPS) is 12.2. The van der Waals surface area contributed by atoms with Crippen molar-refractivity contribution < 1.29 is 19.6 Å². The van der Waals surface area contributed by atoms with Crippen molar-refractivity contribution in [2.75, 3.05) is 5.32 Å². The first-order valence-corrected chi connectivity index (χ1v) is 9.56. The molecule has 2 aromatic carbocycles. The number of nitrogens with zero attached hydrogens (tertiary/aromatic N) is 6. The van der Waals surface area contributed by atoms with Crippen LogP contribution in [0.2, 0.25) is 10.0 Å². The molecule has 3 N–H and O–H groups in total. The molecule has 0 bridgehead atoms. The molecule has 0 aliphatic carbocycles. The van der Waals surface area contributed by atoms with E-state index in [0.717, 1.165) is 24.4 Å². The van der Waals surface area contributed by atoms with E-state index < -0.39 is 43.8 Å². The Morgan fingerprint density at radius 3 is 2.15 bits per heavy atom. The predicted octanol–water partition coefficient (Wildman–Crippen LogP) is 3.02. The van der Waals surface area contributed by atoms with Gasteiger partial charge in [-0.15, -0.1) is 0 Å². The van der Waals surface area contributed by atoms with E-state index in [4.69, 9.17) is 29.0 Å². The number of benzene rings is 2. The first-order valence-electron chi connectivity index (χ1n) is 8.80. The smallest absolute Gasteiger partial charge is 0.304 e. The Hall–Kier alpha value is -4.50. The Bertz CT molecular complexity index is 1370. The molecule has 0 fully saturated rings. The molecule has 15 nitrogen and oxygen atoms in total. The average molecular weight is 509 g/mol. The summed E-state index contributed by atoms with van der Waals surface area (Å²) in [5.74, 6) is 4.04. The van der Waals surface area contributed by atoms with E-state index in [0.29, 0.717) is 0 Å². The molecule has 0 radical (unpaired) electrons. The standard InChI is InChI=1S/C17H10Cl2N8O7/c18-9-3-8(26(31)32)4-10(19)14(9)23-17(28)15(24-20)16(27(33)34)13-6-21-11-2-1-7(25(29)30)5-12(11)22-13/h1-6,16H,20H2,(H,23,28)/b24-15-/t16-/m1/s1. The fraction of sp³-hybridized carbons (Fsp3) is 0.0588. The molecule has 0 saturated carbocycles. The summed E-state index contributed by atoms with van der Waals surface area (Å²) in [6, 6.07) is 3.33. The highest BCUT2D eigenvalue weighted by Gasteiger charge is 2.37. The number of carbonyl (C=O) groups is 1. The van der Waals surface area contributed by atoms with Crippen LogP contribution in [-0.2, 0) is 4.79 Å². The fourth-order valence-electron chi connectivity index (χ4n) is 2.82. The maximum Gasteiger partial charge on any atom is 0.304 e. The number of fused-ring (bicyclic) bond motifs is 1. The number of non-ortho nitro benzene ring substituents is 2. The number of nitrogens with one attached hydrogen (secondary N) is 1. The summed E-state index contributed by atoms with van der Waals surface area (Å²) in [5, 5.41) is 38.5. The van der Waals surface area contributed by atoms with Gasteiger partial charge in [0.1, 0.15) is 5.69 Å². The van der Waals surface area contributed by atoms with E-state index >= 15 is 0 Å². The number of nitrogens with two attached hydrogens (primary N) is 1. The highest BCUT2D eigenvalue weighted by molar-refractivity contribution is 6.47. The predicted molar refractivity (Wildman–Crippen MR) is 119 cm³/mol. The first-order chi connectivity index (χ1) is 16.0. The highest BCUT2D eigenvalue weighted by Crippen LogP contribution is 2.35. The number of anilines is 1. The van der Waals surface area contributed by atoms with Crippen LogP contribution in [0, 0.1) is 30.3 Å². The van der Waals surface area contributed by atoms with Crippen LogP contribution in [-0.4, -0.2) is 36.4 Å². The monoisotopic (exact) mass is 508 g/mol. The van der Waals surface area contributed by atoms with E-state index in [1.165, 1.54) is 12.1 Å². The molecule has 0 spiro atoms. The zero-order chi connectivity index (χ0) is 25.2. The van der Waals surface area contributed by atoms with Crippen molar-refractivity contribution in [3.63, 3.8) is 0 Å². The summed E-state index contributed by atoms with van der Waals surface area (Å²) in [6.45, 7) is 0. The lowest BCUT2D eigenvalue weighted by atomic mass is 10.1. The third-order valence-corrected chi connectivity index (χ3v) is 4.95. The second kappa shape index (κ2) is 9.55. The Morgan fingerprint density at radius 1 is 1.00 bits per heavy atom. The van der Waals surface area contributed by atoms with Crippen molar-refractivity contribution >= 4 is 62.9 Å².